The molecule has 1 heterocycles. The summed E-state index contributed by atoms with van der Waals surface area (Å²) in [6.07, 6.45) is 1.82. The van der Waals surface area contributed by atoms with Crippen LogP contribution in [0.3, 0.4) is 0 Å². The smallest absolute Gasteiger partial charge is 0.270 e. The Bertz CT molecular complexity index is 860. The first-order valence-corrected chi connectivity index (χ1v) is 9.64. The number of carbonyl (C=O) groups is 1. The molecular weight excluding hydrogens is 367 g/mol. The Balaban J connectivity index is 1.84. The molecule has 26 heavy (non-hydrogen) atoms. The third-order valence-electron chi connectivity index (χ3n) is 4.18. The van der Waals surface area contributed by atoms with E-state index in [0.29, 0.717) is 14.9 Å². The molecule has 1 amide bonds. The number of amides is 1. The minimum atomic E-state index is -0.396. The maximum Gasteiger partial charge on any atom is 0.270 e. The highest BCUT2D eigenvalue weighted by molar-refractivity contribution is 8.27. The molecule has 0 saturated carbocycles. The summed E-state index contributed by atoms with van der Waals surface area (Å²) in [6.45, 7) is 6.13. The first-order valence-electron chi connectivity index (χ1n) is 8.42. The van der Waals surface area contributed by atoms with E-state index in [1.165, 1.54) is 28.8 Å². The van der Waals surface area contributed by atoms with Gasteiger partial charge in [0.15, 0.2) is 4.32 Å². The lowest BCUT2D eigenvalue weighted by atomic mass is 10.1. The number of carbonyl (C=O) groups excluding carboxylic acids is 1. The van der Waals surface area contributed by atoms with Gasteiger partial charge in [-0.25, -0.2) is 4.39 Å². The molecule has 1 aliphatic heterocycles. The average Bonchev–Trinajstić information content (AvgIpc) is 2.91. The summed E-state index contributed by atoms with van der Waals surface area (Å²) in [7, 11) is 0. The second-order valence-corrected chi connectivity index (χ2v) is 7.44. The number of anilines is 2. The molecule has 3 rings (SSSR count). The van der Waals surface area contributed by atoms with E-state index in [2.05, 4.69) is 18.7 Å². The van der Waals surface area contributed by atoms with Crippen molar-refractivity contribution >= 4 is 51.7 Å². The van der Waals surface area contributed by atoms with Crippen LogP contribution in [0, 0.1) is 5.82 Å². The predicted octanol–water partition coefficient (Wildman–Crippen LogP) is 5.08. The molecule has 0 atom stereocenters. The Morgan fingerprint density at radius 2 is 1.85 bits per heavy atom. The molecule has 1 aliphatic rings. The van der Waals surface area contributed by atoms with E-state index >= 15 is 0 Å². The Morgan fingerprint density at radius 1 is 1.15 bits per heavy atom. The summed E-state index contributed by atoms with van der Waals surface area (Å²) < 4.78 is 13.9. The van der Waals surface area contributed by atoms with Crippen LogP contribution in [0.5, 0.6) is 0 Å². The second-order valence-electron chi connectivity index (χ2n) is 5.76. The van der Waals surface area contributed by atoms with Crippen molar-refractivity contribution in [3.05, 3.63) is 64.8 Å². The minimum absolute atomic E-state index is 0.224. The van der Waals surface area contributed by atoms with Crippen molar-refractivity contribution in [2.24, 2.45) is 0 Å². The lowest BCUT2D eigenvalue weighted by molar-refractivity contribution is -0.113. The zero-order valence-corrected chi connectivity index (χ0v) is 16.2. The van der Waals surface area contributed by atoms with Crippen LogP contribution in [0.4, 0.5) is 15.8 Å². The van der Waals surface area contributed by atoms with E-state index in [9.17, 15) is 9.18 Å². The summed E-state index contributed by atoms with van der Waals surface area (Å²) in [5, 5.41) is 0. The summed E-state index contributed by atoms with van der Waals surface area (Å²) >= 11 is 6.55. The van der Waals surface area contributed by atoms with Gasteiger partial charge in [0.25, 0.3) is 5.91 Å². The molecule has 0 N–H and O–H groups in total. The number of hydrogen-bond donors (Lipinski definition) is 0. The number of thiocarbonyl (C=S) groups is 1. The molecule has 1 fully saturated rings. The third kappa shape index (κ3) is 3.81. The van der Waals surface area contributed by atoms with Crippen LogP contribution in [0.25, 0.3) is 6.08 Å². The molecule has 6 heteroatoms. The fourth-order valence-corrected chi connectivity index (χ4v) is 4.13. The number of nitrogens with zero attached hydrogens (tertiary/aromatic N) is 2. The lowest BCUT2D eigenvalue weighted by Gasteiger charge is -2.20. The maximum absolute atomic E-state index is 13.5. The zero-order valence-electron chi connectivity index (χ0n) is 14.6. The fraction of sp³-hybridized carbons (Fsp3) is 0.200. The molecule has 2 aromatic rings. The van der Waals surface area contributed by atoms with E-state index in [-0.39, 0.29) is 5.91 Å². The van der Waals surface area contributed by atoms with Gasteiger partial charge in [0.1, 0.15) is 5.82 Å². The summed E-state index contributed by atoms with van der Waals surface area (Å²) in [5.74, 6) is -0.619. The van der Waals surface area contributed by atoms with Crippen molar-refractivity contribution in [3.8, 4) is 0 Å². The van der Waals surface area contributed by atoms with Crippen molar-refractivity contribution in [1.29, 1.82) is 0 Å². The predicted molar refractivity (Wildman–Crippen MR) is 112 cm³/mol. The van der Waals surface area contributed by atoms with Crippen molar-refractivity contribution in [2.45, 2.75) is 13.8 Å². The van der Waals surface area contributed by atoms with Gasteiger partial charge in [-0.1, -0.05) is 42.2 Å². The van der Waals surface area contributed by atoms with Gasteiger partial charge in [-0.15, -0.1) is 0 Å². The summed E-state index contributed by atoms with van der Waals surface area (Å²) in [6, 6.07) is 14.0. The van der Waals surface area contributed by atoms with Crippen LogP contribution in [-0.4, -0.2) is 23.3 Å². The van der Waals surface area contributed by atoms with Gasteiger partial charge in [-0.3, -0.25) is 9.69 Å². The van der Waals surface area contributed by atoms with Gasteiger partial charge in [0.05, 0.1) is 10.6 Å². The number of hydrogen-bond acceptors (Lipinski definition) is 4. The maximum atomic E-state index is 13.5. The molecule has 2 aromatic carbocycles. The van der Waals surface area contributed by atoms with E-state index in [1.807, 2.05) is 30.3 Å². The van der Waals surface area contributed by atoms with Crippen molar-refractivity contribution in [1.82, 2.24) is 0 Å². The van der Waals surface area contributed by atoms with Crippen LogP contribution in [-0.2, 0) is 4.79 Å². The monoisotopic (exact) mass is 386 g/mol. The van der Waals surface area contributed by atoms with E-state index in [1.54, 1.807) is 12.1 Å². The Kier molecular flexibility index (Phi) is 5.74. The minimum Gasteiger partial charge on any atom is -0.372 e. The highest BCUT2D eigenvalue weighted by Crippen LogP contribution is 2.36. The highest BCUT2D eigenvalue weighted by Gasteiger charge is 2.33. The Morgan fingerprint density at radius 3 is 2.46 bits per heavy atom. The molecule has 1 saturated heterocycles. The molecule has 3 nitrogen and oxygen atoms in total. The van der Waals surface area contributed by atoms with Gasteiger partial charge in [-0.2, -0.15) is 0 Å². The van der Waals surface area contributed by atoms with Gasteiger partial charge < -0.3 is 4.90 Å². The van der Waals surface area contributed by atoms with Crippen molar-refractivity contribution < 1.29 is 9.18 Å². The molecule has 0 unspecified atom stereocenters. The first-order chi connectivity index (χ1) is 12.5. The topological polar surface area (TPSA) is 23.6 Å². The molecule has 0 aliphatic carbocycles. The largest absolute Gasteiger partial charge is 0.372 e. The molecule has 0 bridgehead atoms. The average molecular weight is 387 g/mol. The summed E-state index contributed by atoms with van der Waals surface area (Å²) in [5.41, 5.74) is 2.54. The summed E-state index contributed by atoms with van der Waals surface area (Å²) in [4.78, 5) is 16.9. The molecular formula is C20H19FN2OS2. The van der Waals surface area contributed by atoms with Gasteiger partial charge in [0.2, 0.25) is 0 Å². The highest BCUT2D eigenvalue weighted by atomic mass is 32.2. The molecule has 0 spiro atoms. The van der Waals surface area contributed by atoms with Crippen molar-refractivity contribution in [2.75, 3.05) is 22.9 Å². The number of thioether (sulfide) groups is 1. The van der Waals surface area contributed by atoms with Crippen LogP contribution in [0.2, 0.25) is 0 Å². The SMILES string of the molecule is CCN(CC)c1ccc(/C=C2\SC(=S)N(c3cccc(F)c3)C2=O)cc1. The molecule has 0 aromatic heterocycles. The van der Waals surface area contributed by atoms with E-state index < -0.39 is 5.82 Å². The van der Waals surface area contributed by atoms with Crippen LogP contribution < -0.4 is 9.80 Å². The standard InChI is InChI=1S/C20H19FN2OS2/c1-3-22(4-2)16-10-8-14(9-11-16)12-18-19(24)23(20(25)26-18)17-7-5-6-15(21)13-17/h5-13H,3-4H2,1-2H3/b18-12-. The van der Waals surface area contributed by atoms with Gasteiger partial charge in [0, 0.05) is 18.8 Å². The first kappa shape index (κ1) is 18.6. The normalized spacial score (nSPS) is 15.8. The quantitative estimate of drug-likeness (QED) is 0.528. The molecule has 0 radical (unpaired) electrons. The third-order valence-corrected chi connectivity index (χ3v) is 5.48. The Labute approximate surface area is 162 Å². The van der Waals surface area contributed by atoms with Crippen molar-refractivity contribution in [3.63, 3.8) is 0 Å². The molecule has 134 valence electrons. The number of benzene rings is 2. The zero-order chi connectivity index (χ0) is 18.7. The lowest BCUT2D eigenvalue weighted by Crippen LogP contribution is -2.27. The van der Waals surface area contributed by atoms with Gasteiger partial charge >= 0.3 is 0 Å². The number of halogens is 1. The number of rotatable bonds is 5. The fourth-order valence-electron chi connectivity index (χ4n) is 2.83. The van der Waals surface area contributed by atoms with Crippen LogP contribution in [0.1, 0.15) is 19.4 Å². The van der Waals surface area contributed by atoms with Crippen LogP contribution >= 0.6 is 24.0 Å². The van der Waals surface area contributed by atoms with E-state index in [0.717, 1.165) is 24.3 Å². The Hall–Kier alpha value is -2.18. The van der Waals surface area contributed by atoms with Gasteiger partial charge in [-0.05, 0) is 55.8 Å². The second kappa shape index (κ2) is 8.01. The van der Waals surface area contributed by atoms with Crippen LogP contribution in [0.15, 0.2) is 53.4 Å². The van der Waals surface area contributed by atoms with E-state index in [4.69, 9.17) is 12.2 Å².